The summed E-state index contributed by atoms with van der Waals surface area (Å²) in [7, 11) is 1.75. The number of rotatable bonds is 3. The van der Waals surface area contributed by atoms with Crippen LogP contribution in [0.2, 0.25) is 0 Å². The van der Waals surface area contributed by atoms with Gasteiger partial charge in [0.15, 0.2) is 0 Å². The summed E-state index contributed by atoms with van der Waals surface area (Å²) in [6.07, 6.45) is 1.15. The van der Waals surface area contributed by atoms with Crippen LogP contribution in [0.5, 0.6) is 0 Å². The van der Waals surface area contributed by atoms with Gasteiger partial charge in [0.05, 0.1) is 16.9 Å². The number of benzene rings is 2. The standard InChI is InChI=1S/C20H17BrFN3O2/c1-24-16-9-8-12(22)11-13(16)18(25-10-4-7-17(25)26)19(24)20(27)23-15-6-3-2-5-14(15)21/h2-3,5-6,8-9,11H,4,7,10H2,1H3,(H,23,27). The topological polar surface area (TPSA) is 54.3 Å². The first-order valence-electron chi connectivity index (χ1n) is 8.61. The number of halogens is 2. The molecule has 0 radical (unpaired) electrons. The summed E-state index contributed by atoms with van der Waals surface area (Å²) in [5, 5.41) is 3.44. The fraction of sp³-hybridized carbons (Fsp3) is 0.200. The molecule has 27 heavy (non-hydrogen) atoms. The quantitative estimate of drug-likeness (QED) is 0.667. The summed E-state index contributed by atoms with van der Waals surface area (Å²) < 4.78 is 16.4. The average molecular weight is 430 g/mol. The molecule has 5 nitrogen and oxygen atoms in total. The Hall–Kier alpha value is -2.67. The van der Waals surface area contributed by atoms with E-state index in [1.54, 1.807) is 28.6 Å². The number of hydrogen-bond donors (Lipinski definition) is 1. The molecule has 0 atom stereocenters. The first-order valence-corrected chi connectivity index (χ1v) is 9.41. The lowest BCUT2D eigenvalue weighted by Gasteiger charge is -2.18. The summed E-state index contributed by atoms with van der Waals surface area (Å²) in [4.78, 5) is 27.1. The number of amides is 2. The van der Waals surface area contributed by atoms with Gasteiger partial charge in [-0.2, -0.15) is 0 Å². The number of carbonyl (C=O) groups excluding carboxylic acids is 2. The van der Waals surface area contributed by atoms with E-state index in [0.717, 1.165) is 10.9 Å². The smallest absolute Gasteiger partial charge is 0.274 e. The molecule has 0 saturated carbocycles. The fourth-order valence-corrected chi connectivity index (χ4v) is 3.94. The van der Waals surface area contributed by atoms with E-state index in [1.165, 1.54) is 12.1 Å². The van der Waals surface area contributed by atoms with Crippen molar-refractivity contribution in [2.45, 2.75) is 12.8 Å². The molecule has 0 bridgehead atoms. The van der Waals surface area contributed by atoms with Crippen LogP contribution in [0, 0.1) is 5.82 Å². The molecule has 7 heteroatoms. The van der Waals surface area contributed by atoms with E-state index in [-0.39, 0.29) is 11.8 Å². The minimum atomic E-state index is -0.404. The molecular weight excluding hydrogens is 413 g/mol. The first-order chi connectivity index (χ1) is 13.0. The Morgan fingerprint density at radius 2 is 2.00 bits per heavy atom. The number of anilines is 2. The van der Waals surface area contributed by atoms with Crippen LogP contribution in [0.15, 0.2) is 46.9 Å². The van der Waals surface area contributed by atoms with Crippen LogP contribution in [0.25, 0.3) is 10.9 Å². The number of para-hydroxylation sites is 1. The highest BCUT2D eigenvalue weighted by atomic mass is 79.9. The molecule has 0 aliphatic carbocycles. The lowest BCUT2D eigenvalue weighted by molar-refractivity contribution is -0.117. The predicted octanol–water partition coefficient (Wildman–Crippen LogP) is 4.46. The van der Waals surface area contributed by atoms with Crippen molar-refractivity contribution in [3.05, 3.63) is 58.4 Å². The second-order valence-electron chi connectivity index (χ2n) is 6.50. The maximum Gasteiger partial charge on any atom is 0.274 e. The van der Waals surface area contributed by atoms with Crippen molar-refractivity contribution < 1.29 is 14.0 Å². The van der Waals surface area contributed by atoms with Gasteiger partial charge in [0.1, 0.15) is 11.5 Å². The summed E-state index contributed by atoms with van der Waals surface area (Å²) in [5.74, 6) is -0.809. The van der Waals surface area contributed by atoms with Crippen LogP contribution in [0.3, 0.4) is 0 Å². The molecule has 4 rings (SSSR count). The van der Waals surface area contributed by atoms with E-state index in [2.05, 4.69) is 21.2 Å². The highest BCUT2D eigenvalue weighted by Gasteiger charge is 2.31. The van der Waals surface area contributed by atoms with Gasteiger partial charge < -0.3 is 14.8 Å². The third kappa shape index (κ3) is 3.02. The number of aromatic nitrogens is 1. The molecule has 1 aromatic heterocycles. The van der Waals surface area contributed by atoms with Gasteiger partial charge in [-0.3, -0.25) is 9.59 Å². The van der Waals surface area contributed by atoms with Crippen molar-refractivity contribution in [3.63, 3.8) is 0 Å². The molecule has 138 valence electrons. The minimum Gasteiger partial charge on any atom is -0.338 e. The third-order valence-corrected chi connectivity index (χ3v) is 5.51. The van der Waals surface area contributed by atoms with Gasteiger partial charge in [-0.1, -0.05) is 12.1 Å². The van der Waals surface area contributed by atoms with Crippen molar-refractivity contribution in [1.82, 2.24) is 4.57 Å². The van der Waals surface area contributed by atoms with Crippen molar-refractivity contribution in [2.24, 2.45) is 7.05 Å². The predicted molar refractivity (Wildman–Crippen MR) is 107 cm³/mol. The van der Waals surface area contributed by atoms with Crippen LogP contribution in [-0.2, 0) is 11.8 Å². The molecule has 1 N–H and O–H groups in total. The summed E-state index contributed by atoms with van der Waals surface area (Å²) >= 11 is 3.42. The normalized spacial score (nSPS) is 14.2. The lowest BCUT2D eigenvalue weighted by Crippen LogP contribution is -2.27. The second-order valence-corrected chi connectivity index (χ2v) is 7.35. The van der Waals surface area contributed by atoms with Gasteiger partial charge in [0, 0.05) is 29.9 Å². The largest absolute Gasteiger partial charge is 0.338 e. The molecule has 0 unspecified atom stereocenters. The molecule has 1 aliphatic heterocycles. The maximum atomic E-state index is 13.9. The molecule has 1 saturated heterocycles. The Balaban J connectivity index is 1.88. The zero-order valence-corrected chi connectivity index (χ0v) is 16.2. The number of nitrogens with zero attached hydrogens (tertiary/aromatic N) is 2. The Morgan fingerprint density at radius 1 is 1.22 bits per heavy atom. The molecule has 2 amide bonds. The van der Waals surface area contributed by atoms with Crippen molar-refractivity contribution >= 4 is 50.0 Å². The van der Waals surface area contributed by atoms with Crippen LogP contribution < -0.4 is 10.2 Å². The lowest BCUT2D eigenvalue weighted by atomic mass is 10.2. The van der Waals surface area contributed by atoms with E-state index in [9.17, 15) is 14.0 Å². The SMILES string of the molecule is Cn1c(C(=O)Nc2ccccc2Br)c(N2CCCC2=O)c2cc(F)ccc21. The zero-order valence-electron chi connectivity index (χ0n) is 14.6. The molecule has 1 aliphatic rings. The minimum absolute atomic E-state index is 0.0540. The summed E-state index contributed by atoms with van der Waals surface area (Å²) in [5.41, 5.74) is 2.13. The number of hydrogen-bond acceptors (Lipinski definition) is 2. The van der Waals surface area contributed by atoms with Crippen LogP contribution in [-0.4, -0.2) is 22.9 Å². The number of fused-ring (bicyclic) bond motifs is 1. The highest BCUT2D eigenvalue weighted by Crippen LogP contribution is 2.37. The van der Waals surface area contributed by atoms with Crippen LogP contribution in [0.4, 0.5) is 15.8 Å². The Bertz CT molecular complexity index is 1080. The zero-order chi connectivity index (χ0) is 19.1. The molecular formula is C20H17BrFN3O2. The second kappa shape index (κ2) is 6.81. The van der Waals surface area contributed by atoms with E-state index < -0.39 is 5.82 Å². The van der Waals surface area contributed by atoms with E-state index in [4.69, 9.17) is 0 Å². The Morgan fingerprint density at radius 3 is 2.70 bits per heavy atom. The molecule has 2 aromatic carbocycles. The monoisotopic (exact) mass is 429 g/mol. The number of aryl methyl sites for hydroxylation is 1. The number of nitrogens with one attached hydrogen (secondary N) is 1. The van der Waals surface area contributed by atoms with Crippen LogP contribution >= 0.6 is 15.9 Å². The van der Waals surface area contributed by atoms with Gasteiger partial charge in [-0.15, -0.1) is 0 Å². The van der Waals surface area contributed by atoms with Gasteiger partial charge in [-0.05, 0) is 52.7 Å². The van der Waals surface area contributed by atoms with Crippen molar-refractivity contribution in [1.29, 1.82) is 0 Å². The average Bonchev–Trinajstić information content (AvgIpc) is 3.17. The van der Waals surface area contributed by atoms with E-state index >= 15 is 0 Å². The van der Waals surface area contributed by atoms with Crippen molar-refractivity contribution in [3.8, 4) is 0 Å². The summed E-state index contributed by atoms with van der Waals surface area (Å²) in [6.45, 7) is 0.518. The Kier molecular flexibility index (Phi) is 4.47. The van der Waals surface area contributed by atoms with Gasteiger partial charge in [0.25, 0.3) is 5.91 Å². The van der Waals surface area contributed by atoms with Gasteiger partial charge in [0.2, 0.25) is 5.91 Å². The molecule has 3 aromatic rings. The highest BCUT2D eigenvalue weighted by molar-refractivity contribution is 9.10. The molecule has 2 heterocycles. The maximum absolute atomic E-state index is 13.9. The Labute approximate surface area is 163 Å². The molecule has 1 fully saturated rings. The fourth-order valence-electron chi connectivity index (χ4n) is 3.56. The number of carbonyl (C=O) groups is 2. The first kappa shape index (κ1) is 17.7. The molecule has 0 spiro atoms. The van der Waals surface area contributed by atoms with Crippen LogP contribution in [0.1, 0.15) is 23.3 Å². The van der Waals surface area contributed by atoms with Crippen molar-refractivity contribution in [2.75, 3.05) is 16.8 Å². The van der Waals surface area contributed by atoms with Gasteiger partial charge in [-0.25, -0.2) is 4.39 Å². The summed E-state index contributed by atoms with van der Waals surface area (Å²) in [6, 6.07) is 11.7. The van der Waals surface area contributed by atoms with E-state index in [1.807, 2.05) is 18.2 Å². The van der Waals surface area contributed by atoms with Gasteiger partial charge >= 0.3 is 0 Å². The van der Waals surface area contributed by atoms with E-state index in [0.29, 0.717) is 40.9 Å². The third-order valence-electron chi connectivity index (χ3n) is 4.82.